The number of thioether (sulfide) groups is 1. The van der Waals surface area contributed by atoms with E-state index >= 15 is 0 Å². The molecule has 0 N–H and O–H groups in total. The molecule has 6 rings (SSSR count). The highest BCUT2D eigenvalue weighted by atomic mass is 32.2. The Kier molecular flexibility index (Phi) is 6.46. The average Bonchev–Trinajstić information content (AvgIpc) is 3.33. The molecule has 0 bridgehead atoms. The highest BCUT2D eigenvalue weighted by Gasteiger charge is 2.44. The lowest BCUT2D eigenvalue weighted by Gasteiger charge is -2.42. The molecule has 186 valence electrons. The fraction of sp³-hybridized carbons (Fsp3) is 0.433. The van der Waals surface area contributed by atoms with Gasteiger partial charge in [-0.25, -0.2) is 0 Å². The molecule has 2 aliphatic carbocycles. The van der Waals surface area contributed by atoms with Crippen molar-refractivity contribution in [2.45, 2.75) is 81.8 Å². The third kappa shape index (κ3) is 4.00. The van der Waals surface area contributed by atoms with Crippen LogP contribution in [0.3, 0.4) is 0 Å². The molecule has 0 atom stereocenters. The van der Waals surface area contributed by atoms with Crippen molar-refractivity contribution in [3.8, 4) is 11.3 Å². The summed E-state index contributed by atoms with van der Waals surface area (Å²) in [5.74, 6) is 1.66. The molecule has 36 heavy (non-hydrogen) atoms. The van der Waals surface area contributed by atoms with Gasteiger partial charge in [0, 0.05) is 22.3 Å². The van der Waals surface area contributed by atoms with Crippen LogP contribution in [0.1, 0.15) is 75.0 Å². The van der Waals surface area contributed by atoms with Crippen LogP contribution < -0.4 is 5.56 Å². The second kappa shape index (κ2) is 9.89. The maximum Gasteiger partial charge on any atom is 0.259 e. The zero-order chi connectivity index (χ0) is 24.5. The first kappa shape index (κ1) is 23.5. The minimum Gasteiger partial charge on any atom is -0.272 e. The summed E-state index contributed by atoms with van der Waals surface area (Å²) in [7, 11) is 0. The van der Waals surface area contributed by atoms with Crippen LogP contribution in [0.2, 0.25) is 0 Å². The van der Waals surface area contributed by atoms with Crippen LogP contribution >= 0.6 is 11.8 Å². The van der Waals surface area contributed by atoms with E-state index < -0.39 is 0 Å². The fourth-order valence-corrected chi connectivity index (χ4v) is 7.27. The van der Waals surface area contributed by atoms with Gasteiger partial charge in [-0.05, 0) is 36.8 Å². The number of benzene rings is 2. The predicted octanol–water partition coefficient (Wildman–Crippen LogP) is 6.65. The lowest BCUT2D eigenvalue weighted by Crippen LogP contribution is -2.43. The molecule has 5 nitrogen and oxygen atoms in total. The van der Waals surface area contributed by atoms with Crippen LogP contribution in [0.4, 0.5) is 0 Å². The topological polar surface area (TPSA) is 52.2 Å². The van der Waals surface area contributed by atoms with Gasteiger partial charge in [-0.2, -0.15) is 0 Å². The SMILES string of the molecule is CCCCCSc1nnc2n(Cc3ccccc3)c(=O)c3c(n12)-c1ccccc1CC31CCCCC1. The van der Waals surface area contributed by atoms with E-state index in [1.807, 2.05) is 22.8 Å². The van der Waals surface area contributed by atoms with E-state index in [4.69, 9.17) is 0 Å². The smallest absolute Gasteiger partial charge is 0.259 e. The molecule has 2 aromatic carbocycles. The Hall–Kier alpha value is -2.86. The fourth-order valence-electron chi connectivity index (χ4n) is 6.34. The van der Waals surface area contributed by atoms with Gasteiger partial charge in [-0.3, -0.25) is 13.8 Å². The number of rotatable bonds is 7. The van der Waals surface area contributed by atoms with Gasteiger partial charge in [0.1, 0.15) is 0 Å². The molecular weight excluding hydrogens is 464 g/mol. The Bertz CT molecular complexity index is 1430. The summed E-state index contributed by atoms with van der Waals surface area (Å²) in [6, 6.07) is 19.0. The van der Waals surface area contributed by atoms with Gasteiger partial charge in [-0.1, -0.05) is 105 Å². The summed E-state index contributed by atoms with van der Waals surface area (Å²) < 4.78 is 4.12. The first-order valence-electron chi connectivity index (χ1n) is 13.5. The van der Waals surface area contributed by atoms with Crippen molar-refractivity contribution in [3.05, 3.63) is 81.6 Å². The first-order valence-corrected chi connectivity index (χ1v) is 14.5. The third-order valence-electron chi connectivity index (χ3n) is 8.08. The molecule has 4 aromatic rings. The summed E-state index contributed by atoms with van der Waals surface area (Å²) in [4.78, 5) is 14.5. The Morgan fingerprint density at radius 2 is 1.72 bits per heavy atom. The third-order valence-corrected chi connectivity index (χ3v) is 9.10. The molecule has 2 heterocycles. The summed E-state index contributed by atoms with van der Waals surface area (Å²) >= 11 is 1.77. The van der Waals surface area contributed by atoms with Crippen molar-refractivity contribution in [1.29, 1.82) is 0 Å². The van der Waals surface area contributed by atoms with E-state index in [1.54, 1.807) is 11.8 Å². The first-order chi connectivity index (χ1) is 17.7. The highest BCUT2D eigenvalue weighted by molar-refractivity contribution is 7.99. The van der Waals surface area contributed by atoms with Crippen LogP contribution in [-0.4, -0.2) is 24.9 Å². The number of hydrogen-bond donors (Lipinski definition) is 0. The van der Waals surface area contributed by atoms with Gasteiger partial charge >= 0.3 is 0 Å². The number of aromatic nitrogens is 4. The number of unbranched alkanes of at least 4 members (excludes halogenated alkanes) is 2. The van der Waals surface area contributed by atoms with Crippen molar-refractivity contribution >= 4 is 17.5 Å². The van der Waals surface area contributed by atoms with Crippen molar-refractivity contribution in [2.75, 3.05) is 5.75 Å². The zero-order valence-corrected chi connectivity index (χ0v) is 21.9. The number of hydrogen-bond acceptors (Lipinski definition) is 4. The van der Waals surface area contributed by atoms with E-state index in [9.17, 15) is 4.79 Å². The normalized spacial score (nSPS) is 16.2. The average molecular weight is 499 g/mol. The maximum absolute atomic E-state index is 14.5. The molecule has 1 spiro atoms. The van der Waals surface area contributed by atoms with Crippen LogP contribution in [0, 0.1) is 0 Å². The van der Waals surface area contributed by atoms with E-state index in [0.29, 0.717) is 12.3 Å². The van der Waals surface area contributed by atoms with Gasteiger partial charge in [0.25, 0.3) is 5.56 Å². The monoisotopic (exact) mass is 498 g/mol. The number of fused-ring (bicyclic) bond motifs is 6. The van der Waals surface area contributed by atoms with Crippen LogP contribution in [0.25, 0.3) is 17.0 Å². The summed E-state index contributed by atoms with van der Waals surface area (Å²) in [6.45, 7) is 2.74. The summed E-state index contributed by atoms with van der Waals surface area (Å²) in [5.41, 5.74) is 5.69. The van der Waals surface area contributed by atoms with Crippen molar-refractivity contribution in [1.82, 2.24) is 19.2 Å². The lowest BCUT2D eigenvalue weighted by atomic mass is 9.62. The molecule has 0 saturated heterocycles. The van der Waals surface area contributed by atoms with Gasteiger partial charge in [0.2, 0.25) is 5.78 Å². The molecule has 2 aliphatic rings. The molecule has 1 saturated carbocycles. The molecule has 6 heteroatoms. The molecule has 0 amide bonds. The van der Waals surface area contributed by atoms with Crippen LogP contribution in [-0.2, 0) is 18.4 Å². The maximum atomic E-state index is 14.5. The largest absolute Gasteiger partial charge is 0.272 e. The molecular formula is C30H34N4OS. The highest BCUT2D eigenvalue weighted by Crippen LogP contribution is 2.49. The molecule has 0 unspecified atom stereocenters. The Labute approximate surface area is 217 Å². The van der Waals surface area contributed by atoms with E-state index in [2.05, 4.69) is 57.9 Å². The van der Waals surface area contributed by atoms with Crippen molar-refractivity contribution in [3.63, 3.8) is 0 Å². The quantitative estimate of drug-likeness (QED) is 0.212. The Morgan fingerprint density at radius 1 is 0.944 bits per heavy atom. The molecule has 0 aliphatic heterocycles. The van der Waals surface area contributed by atoms with E-state index in [1.165, 1.54) is 43.2 Å². The lowest BCUT2D eigenvalue weighted by molar-refractivity contribution is 0.283. The second-order valence-corrected chi connectivity index (χ2v) is 11.5. The zero-order valence-electron chi connectivity index (χ0n) is 21.1. The van der Waals surface area contributed by atoms with Gasteiger partial charge < -0.3 is 0 Å². The summed E-state index contributed by atoms with van der Waals surface area (Å²) in [5, 5.41) is 10.2. The molecule has 2 aromatic heterocycles. The minimum absolute atomic E-state index is 0.111. The van der Waals surface area contributed by atoms with E-state index in [-0.39, 0.29) is 11.0 Å². The molecule has 1 fully saturated rings. The van der Waals surface area contributed by atoms with Crippen LogP contribution in [0.5, 0.6) is 0 Å². The summed E-state index contributed by atoms with van der Waals surface area (Å²) in [6.07, 6.45) is 10.3. The minimum atomic E-state index is -0.111. The Balaban J connectivity index is 1.63. The van der Waals surface area contributed by atoms with Gasteiger partial charge in [0.05, 0.1) is 12.2 Å². The van der Waals surface area contributed by atoms with Crippen LogP contribution in [0.15, 0.2) is 64.5 Å². The second-order valence-electron chi connectivity index (χ2n) is 10.4. The number of nitrogens with zero attached hydrogens (tertiary/aromatic N) is 4. The van der Waals surface area contributed by atoms with Crippen molar-refractivity contribution < 1.29 is 0 Å². The van der Waals surface area contributed by atoms with Gasteiger partial charge in [0.15, 0.2) is 5.16 Å². The van der Waals surface area contributed by atoms with E-state index in [0.717, 1.165) is 53.4 Å². The van der Waals surface area contributed by atoms with Crippen molar-refractivity contribution in [2.24, 2.45) is 0 Å². The standard InChI is InChI=1S/C30H34N4OS/c1-2-3-12-19-36-29-32-31-28-33(21-22-13-6-4-7-14-22)27(35)25-26(34(28)29)24-16-9-8-15-23(24)20-30(25)17-10-5-11-18-30/h4,6-9,13-16H,2-3,5,10-12,17-21H2,1H3. The predicted molar refractivity (Wildman–Crippen MR) is 147 cm³/mol. The Morgan fingerprint density at radius 3 is 2.53 bits per heavy atom. The molecule has 0 radical (unpaired) electrons. The van der Waals surface area contributed by atoms with Gasteiger partial charge in [-0.15, -0.1) is 10.2 Å².